The van der Waals surface area contributed by atoms with Crippen molar-refractivity contribution in [3.8, 4) is 0 Å². The second-order valence-electron chi connectivity index (χ2n) is 4.50. The quantitative estimate of drug-likeness (QED) is 0.869. The first-order valence-corrected chi connectivity index (χ1v) is 5.94. The minimum absolute atomic E-state index is 0. The van der Waals surface area contributed by atoms with Gasteiger partial charge in [-0.15, -0.1) is 12.4 Å². The van der Waals surface area contributed by atoms with Crippen LogP contribution in [0.25, 0.3) is 0 Å². The Morgan fingerprint density at radius 1 is 1.50 bits per heavy atom. The van der Waals surface area contributed by atoms with E-state index >= 15 is 0 Å². The van der Waals surface area contributed by atoms with Gasteiger partial charge in [0.2, 0.25) is 5.91 Å². The minimum atomic E-state index is -0.248. The number of carbonyl (C=O) groups is 1. The number of piperidine rings is 1. The fourth-order valence-corrected chi connectivity index (χ4v) is 2.04. The van der Waals surface area contributed by atoms with Crippen molar-refractivity contribution in [1.29, 1.82) is 0 Å². The lowest BCUT2D eigenvalue weighted by molar-refractivity contribution is -0.120. The zero-order chi connectivity index (χ0) is 12.3. The van der Waals surface area contributed by atoms with Crippen LogP contribution in [0.3, 0.4) is 0 Å². The molecular weight excluding hydrogens is 255 g/mol. The minimum Gasteiger partial charge on any atom is -0.326 e. The van der Waals surface area contributed by atoms with Crippen molar-refractivity contribution < 1.29 is 9.18 Å². The molecule has 1 saturated heterocycles. The van der Waals surface area contributed by atoms with E-state index < -0.39 is 0 Å². The molecule has 100 valence electrons. The third-order valence-electron chi connectivity index (χ3n) is 3.09. The highest BCUT2D eigenvalue weighted by Crippen LogP contribution is 2.16. The molecule has 1 unspecified atom stereocenters. The normalized spacial score (nSPS) is 18.9. The van der Waals surface area contributed by atoms with E-state index in [0.717, 1.165) is 25.9 Å². The van der Waals surface area contributed by atoms with Gasteiger partial charge in [0.1, 0.15) is 5.82 Å². The van der Waals surface area contributed by atoms with Crippen LogP contribution in [-0.2, 0) is 4.79 Å². The number of anilines is 1. The van der Waals surface area contributed by atoms with Gasteiger partial charge in [0, 0.05) is 12.2 Å². The van der Waals surface area contributed by atoms with E-state index in [1.54, 1.807) is 19.1 Å². The van der Waals surface area contributed by atoms with E-state index in [1.807, 2.05) is 0 Å². The highest BCUT2D eigenvalue weighted by molar-refractivity contribution is 5.92. The molecule has 3 nitrogen and oxygen atoms in total. The van der Waals surface area contributed by atoms with Gasteiger partial charge in [0.15, 0.2) is 0 Å². The highest BCUT2D eigenvalue weighted by atomic mass is 35.5. The van der Waals surface area contributed by atoms with Crippen LogP contribution in [0, 0.1) is 18.7 Å². The van der Waals surface area contributed by atoms with Gasteiger partial charge in [0.05, 0.1) is 5.92 Å². The lowest BCUT2D eigenvalue weighted by Crippen LogP contribution is -2.37. The van der Waals surface area contributed by atoms with Crippen LogP contribution in [0.5, 0.6) is 0 Å². The third-order valence-corrected chi connectivity index (χ3v) is 3.09. The van der Waals surface area contributed by atoms with Crippen LogP contribution in [0.2, 0.25) is 0 Å². The number of aryl methyl sites for hydroxylation is 1. The molecule has 0 saturated carbocycles. The van der Waals surface area contributed by atoms with Crippen LogP contribution in [0.1, 0.15) is 18.4 Å². The van der Waals surface area contributed by atoms with Crippen LogP contribution >= 0.6 is 12.4 Å². The Kier molecular flexibility index (Phi) is 5.56. The van der Waals surface area contributed by atoms with Gasteiger partial charge in [-0.3, -0.25) is 4.79 Å². The number of halogens is 2. The third kappa shape index (κ3) is 3.68. The molecule has 1 fully saturated rings. The number of rotatable bonds is 2. The fraction of sp³-hybridized carbons (Fsp3) is 0.462. The number of hydrogen-bond acceptors (Lipinski definition) is 2. The molecule has 0 aliphatic carbocycles. The van der Waals surface area contributed by atoms with Crippen LogP contribution in [0.15, 0.2) is 18.2 Å². The molecule has 1 aromatic rings. The lowest BCUT2D eigenvalue weighted by Gasteiger charge is -2.21. The predicted octanol–water partition coefficient (Wildman–Crippen LogP) is 2.49. The second-order valence-corrected chi connectivity index (χ2v) is 4.50. The van der Waals surface area contributed by atoms with E-state index in [1.165, 1.54) is 6.07 Å². The number of amides is 1. The van der Waals surface area contributed by atoms with Gasteiger partial charge in [-0.25, -0.2) is 4.39 Å². The van der Waals surface area contributed by atoms with Gasteiger partial charge in [-0.05, 0) is 50.1 Å². The van der Waals surface area contributed by atoms with Crippen molar-refractivity contribution in [3.05, 3.63) is 29.6 Å². The Balaban J connectivity index is 0.00000162. The molecule has 0 bridgehead atoms. The molecular formula is C13H18ClFN2O. The summed E-state index contributed by atoms with van der Waals surface area (Å²) < 4.78 is 13.1. The van der Waals surface area contributed by atoms with Crippen molar-refractivity contribution >= 4 is 24.0 Å². The summed E-state index contributed by atoms with van der Waals surface area (Å²) in [5, 5.41) is 6.04. The summed E-state index contributed by atoms with van der Waals surface area (Å²) in [6, 6.07) is 4.63. The monoisotopic (exact) mass is 272 g/mol. The molecule has 1 aliphatic rings. The van der Waals surface area contributed by atoms with Crippen LogP contribution < -0.4 is 10.6 Å². The largest absolute Gasteiger partial charge is 0.326 e. The number of nitrogens with one attached hydrogen (secondary N) is 2. The molecule has 1 atom stereocenters. The van der Waals surface area contributed by atoms with Crippen LogP contribution in [0.4, 0.5) is 10.1 Å². The summed E-state index contributed by atoms with van der Waals surface area (Å²) in [7, 11) is 0. The summed E-state index contributed by atoms with van der Waals surface area (Å²) >= 11 is 0. The van der Waals surface area contributed by atoms with E-state index in [-0.39, 0.29) is 30.0 Å². The maximum atomic E-state index is 13.1. The molecule has 0 radical (unpaired) electrons. The SMILES string of the molecule is Cc1cc(NC(=O)C2CCCNC2)ccc1F.Cl. The first kappa shape index (κ1) is 14.9. The second kappa shape index (κ2) is 6.71. The Morgan fingerprint density at radius 3 is 2.89 bits per heavy atom. The smallest absolute Gasteiger partial charge is 0.228 e. The van der Waals surface area contributed by atoms with Crippen molar-refractivity contribution in [3.63, 3.8) is 0 Å². The van der Waals surface area contributed by atoms with E-state index in [4.69, 9.17) is 0 Å². The average molecular weight is 273 g/mol. The highest BCUT2D eigenvalue weighted by Gasteiger charge is 2.20. The van der Waals surface area contributed by atoms with Gasteiger partial charge in [-0.1, -0.05) is 0 Å². The fourth-order valence-electron chi connectivity index (χ4n) is 2.04. The Labute approximate surface area is 113 Å². The molecule has 1 aromatic carbocycles. The van der Waals surface area contributed by atoms with Crippen molar-refractivity contribution in [2.75, 3.05) is 18.4 Å². The summed E-state index contributed by atoms with van der Waals surface area (Å²) in [5.74, 6) is -0.209. The Morgan fingerprint density at radius 2 is 2.28 bits per heavy atom. The van der Waals surface area contributed by atoms with Crippen molar-refractivity contribution in [2.45, 2.75) is 19.8 Å². The Hall–Kier alpha value is -1.13. The molecule has 1 heterocycles. The molecule has 18 heavy (non-hydrogen) atoms. The summed E-state index contributed by atoms with van der Waals surface area (Å²) in [4.78, 5) is 11.9. The first-order valence-electron chi connectivity index (χ1n) is 5.94. The van der Waals surface area contributed by atoms with Gasteiger partial charge < -0.3 is 10.6 Å². The van der Waals surface area contributed by atoms with Gasteiger partial charge in [-0.2, -0.15) is 0 Å². The molecule has 2 rings (SSSR count). The zero-order valence-electron chi connectivity index (χ0n) is 10.3. The number of hydrogen-bond donors (Lipinski definition) is 2. The lowest BCUT2D eigenvalue weighted by atomic mass is 9.99. The maximum absolute atomic E-state index is 13.1. The predicted molar refractivity (Wildman–Crippen MR) is 72.6 cm³/mol. The standard InChI is InChI=1S/C13H17FN2O.ClH/c1-9-7-11(4-5-12(9)14)16-13(17)10-3-2-6-15-8-10;/h4-5,7,10,15H,2-3,6,8H2,1H3,(H,16,17);1H. The van der Waals surface area contributed by atoms with E-state index in [9.17, 15) is 9.18 Å². The van der Waals surface area contributed by atoms with E-state index in [0.29, 0.717) is 11.3 Å². The number of carbonyl (C=O) groups excluding carboxylic acids is 1. The van der Waals surface area contributed by atoms with Gasteiger partial charge in [0.25, 0.3) is 0 Å². The topological polar surface area (TPSA) is 41.1 Å². The van der Waals surface area contributed by atoms with Crippen molar-refractivity contribution in [1.82, 2.24) is 5.32 Å². The molecule has 1 amide bonds. The molecule has 0 aromatic heterocycles. The van der Waals surface area contributed by atoms with Gasteiger partial charge >= 0.3 is 0 Å². The summed E-state index contributed by atoms with van der Waals surface area (Å²) in [5.41, 5.74) is 1.21. The molecule has 0 spiro atoms. The Bertz CT molecular complexity index is 419. The molecule has 5 heteroatoms. The van der Waals surface area contributed by atoms with Crippen LogP contribution in [-0.4, -0.2) is 19.0 Å². The maximum Gasteiger partial charge on any atom is 0.228 e. The summed E-state index contributed by atoms with van der Waals surface area (Å²) in [6.45, 7) is 3.40. The van der Waals surface area contributed by atoms with E-state index in [2.05, 4.69) is 10.6 Å². The average Bonchev–Trinajstić information content (AvgIpc) is 2.35. The summed E-state index contributed by atoms with van der Waals surface area (Å²) in [6.07, 6.45) is 1.94. The molecule has 2 N–H and O–H groups in total. The first-order chi connectivity index (χ1) is 8.16. The zero-order valence-corrected chi connectivity index (χ0v) is 11.1. The number of benzene rings is 1. The van der Waals surface area contributed by atoms with Crippen molar-refractivity contribution in [2.24, 2.45) is 5.92 Å². The molecule has 1 aliphatic heterocycles.